The third kappa shape index (κ3) is 2.76. The predicted molar refractivity (Wildman–Crippen MR) is 66.1 cm³/mol. The van der Waals surface area contributed by atoms with Gasteiger partial charge in [-0.2, -0.15) is 0 Å². The van der Waals surface area contributed by atoms with Crippen LogP contribution >= 0.6 is 23.2 Å². The summed E-state index contributed by atoms with van der Waals surface area (Å²) in [5.41, 5.74) is 0.936. The lowest BCUT2D eigenvalue weighted by Gasteiger charge is -2.07. The average molecular weight is 258 g/mol. The molecule has 1 aromatic carbocycles. The van der Waals surface area contributed by atoms with Crippen molar-refractivity contribution in [2.45, 2.75) is 12.8 Å². The number of halogens is 2. The molecular weight excluding hydrogens is 245 g/mol. The molecule has 1 saturated heterocycles. The molecule has 1 aromatic rings. The monoisotopic (exact) mass is 257 g/mol. The first kappa shape index (κ1) is 11.9. The highest BCUT2D eigenvalue weighted by Crippen LogP contribution is 2.23. The zero-order chi connectivity index (χ0) is 11.5. The summed E-state index contributed by atoms with van der Waals surface area (Å²) in [6.45, 7) is 1.75. The van der Waals surface area contributed by atoms with Crippen LogP contribution in [0.5, 0.6) is 0 Å². The van der Waals surface area contributed by atoms with Gasteiger partial charge in [0.2, 0.25) is 0 Å². The van der Waals surface area contributed by atoms with Gasteiger partial charge in [0.25, 0.3) is 0 Å². The van der Waals surface area contributed by atoms with Gasteiger partial charge in [-0.1, -0.05) is 29.3 Å². The Kier molecular flexibility index (Phi) is 3.85. The molecule has 1 N–H and O–H groups in total. The summed E-state index contributed by atoms with van der Waals surface area (Å²) in [5, 5.41) is 4.23. The maximum atomic E-state index is 11.9. The highest BCUT2D eigenvalue weighted by atomic mass is 35.5. The maximum Gasteiger partial charge on any atom is 0.141 e. The largest absolute Gasteiger partial charge is 0.316 e. The number of hydrogen-bond acceptors (Lipinski definition) is 2. The van der Waals surface area contributed by atoms with E-state index < -0.39 is 0 Å². The van der Waals surface area contributed by atoms with Gasteiger partial charge in [-0.05, 0) is 30.7 Å². The molecule has 0 aromatic heterocycles. The van der Waals surface area contributed by atoms with Crippen LogP contribution in [0.3, 0.4) is 0 Å². The minimum absolute atomic E-state index is 0.162. The number of rotatable bonds is 3. The van der Waals surface area contributed by atoms with Crippen molar-refractivity contribution in [2.24, 2.45) is 5.92 Å². The van der Waals surface area contributed by atoms with Gasteiger partial charge in [-0.3, -0.25) is 4.79 Å². The van der Waals surface area contributed by atoms with E-state index in [1.54, 1.807) is 12.1 Å². The van der Waals surface area contributed by atoms with E-state index in [4.69, 9.17) is 23.2 Å². The van der Waals surface area contributed by atoms with Crippen molar-refractivity contribution in [1.29, 1.82) is 0 Å². The van der Waals surface area contributed by atoms with Crippen LogP contribution in [-0.4, -0.2) is 18.9 Å². The van der Waals surface area contributed by atoms with Crippen molar-refractivity contribution in [3.8, 4) is 0 Å². The molecule has 1 aliphatic rings. The van der Waals surface area contributed by atoms with Crippen LogP contribution in [0.15, 0.2) is 18.2 Å². The Balaban J connectivity index is 2.02. The van der Waals surface area contributed by atoms with Gasteiger partial charge >= 0.3 is 0 Å². The van der Waals surface area contributed by atoms with E-state index in [0.717, 1.165) is 25.1 Å². The summed E-state index contributed by atoms with van der Waals surface area (Å²) in [6.07, 6.45) is 1.39. The molecule has 0 radical (unpaired) electrons. The lowest BCUT2D eigenvalue weighted by atomic mass is 9.97. The van der Waals surface area contributed by atoms with Crippen LogP contribution < -0.4 is 5.32 Å². The smallest absolute Gasteiger partial charge is 0.141 e. The van der Waals surface area contributed by atoms with Gasteiger partial charge in [-0.15, -0.1) is 0 Å². The van der Waals surface area contributed by atoms with Crippen molar-refractivity contribution < 1.29 is 4.79 Å². The van der Waals surface area contributed by atoms with Crippen molar-refractivity contribution >= 4 is 29.0 Å². The molecule has 0 aliphatic carbocycles. The summed E-state index contributed by atoms with van der Waals surface area (Å²) in [6, 6.07) is 5.36. The predicted octanol–water partition coefficient (Wildman–Crippen LogP) is 2.71. The Labute approximate surface area is 105 Å². The SMILES string of the molecule is O=C(Cc1ccc(Cl)c(Cl)c1)C1CCNC1. The van der Waals surface area contributed by atoms with Gasteiger partial charge < -0.3 is 5.32 Å². The molecule has 2 nitrogen and oxygen atoms in total. The summed E-state index contributed by atoms with van der Waals surface area (Å²) >= 11 is 11.7. The molecule has 1 unspecified atom stereocenters. The second-order valence-corrected chi connectivity index (χ2v) is 4.90. The fraction of sp³-hybridized carbons (Fsp3) is 0.417. The highest BCUT2D eigenvalue weighted by molar-refractivity contribution is 6.42. The minimum atomic E-state index is 0.162. The Bertz CT molecular complexity index is 400. The van der Waals surface area contributed by atoms with Gasteiger partial charge in [0.05, 0.1) is 10.0 Å². The van der Waals surface area contributed by atoms with Gasteiger partial charge in [0.15, 0.2) is 0 Å². The Morgan fingerprint density at radius 3 is 2.81 bits per heavy atom. The molecule has 1 fully saturated rings. The number of benzene rings is 1. The zero-order valence-corrected chi connectivity index (χ0v) is 10.3. The minimum Gasteiger partial charge on any atom is -0.316 e. The van der Waals surface area contributed by atoms with Crippen LogP contribution in [0, 0.1) is 5.92 Å². The van der Waals surface area contributed by atoms with E-state index in [-0.39, 0.29) is 11.7 Å². The molecule has 4 heteroatoms. The third-order valence-electron chi connectivity index (χ3n) is 2.88. The molecule has 2 rings (SSSR count). The Hall–Kier alpha value is -0.570. The zero-order valence-electron chi connectivity index (χ0n) is 8.80. The molecule has 86 valence electrons. The summed E-state index contributed by atoms with van der Waals surface area (Å²) < 4.78 is 0. The normalized spacial score (nSPS) is 20.0. The number of hydrogen-bond donors (Lipinski definition) is 1. The van der Waals surface area contributed by atoms with Crippen molar-refractivity contribution in [3.63, 3.8) is 0 Å². The number of carbonyl (C=O) groups excluding carboxylic acids is 1. The fourth-order valence-corrected chi connectivity index (χ4v) is 2.25. The number of ketones is 1. The van der Waals surface area contributed by atoms with Crippen molar-refractivity contribution in [3.05, 3.63) is 33.8 Å². The van der Waals surface area contributed by atoms with Gasteiger partial charge in [0, 0.05) is 18.9 Å². The lowest BCUT2D eigenvalue weighted by Crippen LogP contribution is -2.19. The standard InChI is InChI=1S/C12H13Cl2NO/c13-10-2-1-8(5-11(10)14)6-12(16)9-3-4-15-7-9/h1-2,5,9,15H,3-4,6-7H2. The van der Waals surface area contributed by atoms with Crippen molar-refractivity contribution in [1.82, 2.24) is 5.32 Å². The van der Waals surface area contributed by atoms with E-state index in [1.165, 1.54) is 0 Å². The molecule has 1 atom stereocenters. The Morgan fingerprint density at radius 1 is 1.38 bits per heavy atom. The van der Waals surface area contributed by atoms with E-state index in [0.29, 0.717) is 16.5 Å². The second kappa shape index (κ2) is 5.17. The topological polar surface area (TPSA) is 29.1 Å². The van der Waals surface area contributed by atoms with Crippen LogP contribution in [0.4, 0.5) is 0 Å². The molecule has 0 amide bonds. The second-order valence-electron chi connectivity index (χ2n) is 4.08. The number of nitrogens with one attached hydrogen (secondary N) is 1. The lowest BCUT2D eigenvalue weighted by molar-refractivity contribution is -0.121. The summed E-state index contributed by atoms with van der Waals surface area (Å²) in [4.78, 5) is 11.9. The molecule has 0 bridgehead atoms. The van der Waals surface area contributed by atoms with E-state index >= 15 is 0 Å². The highest BCUT2D eigenvalue weighted by Gasteiger charge is 2.22. The molecule has 1 heterocycles. The van der Waals surface area contributed by atoms with E-state index in [2.05, 4.69) is 5.32 Å². The molecular formula is C12H13Cl2NO. The quantitative estimate of drug-likeness (QED) is 0.903. The summed E-state index contributed by atoms with van der Waals surface area (Å²) in [5.74, 6) is 0.442. The molecule has 0 saturated carbocycles. The van der Waals surface area contributed by atoms with Crippen LogP contribution in [0.2, 0.25) is 10.0 Å². The molecule has 16 heavy (non-hydrogen) atoms. The molecule has 1 aliphatic heterocycles. The first-order chi connectivity index (χ1) is 7.66. The van der Waals surface area contributed by atoms with Crippen LogP contribution in [0.1, 0.15) is 12.0 Å². The van der Waals surface area contributed by atoms with Gasteiger partial charge in [0.1, 0.15) is 5.78 Å². The van der Waals surface area contributed by atoms with Gasteiger partial charge in [-0.25, -0.2) is 0 Å². The first-order valence-electron chi connectivity index (χ1n) is 5.34. The number of carbonyl (C=O) groups is 1. The Morgan fingerprint density at radius 2 is 2.19 bits per heavy atom. The fourth-order valence-electron chi connectivity index (χ4n) is 1.92. The first-order valence-corrected chi connectivity index (χ1v) is 6.10. The maximum absolute atomic E-state index is 11.9. The summed E-state index contributed by atoms with van der Waals surface area (Å²) in [7, 11) is 0. The van der Waals surface area contributed by atoms with E-state index in [1.807, 2.05) is 6.07 Å². The number of Topliss-reactive ketones (excluding diaryl/α,β-unsaturated/α-hetero) is 1. The van der Waals surface area contributed by atoms with Crippen LogP contribution in [0.25, 0.3) is 0 Å². The average Bonchev–Trinajstić information content (AvgIpc) is 2.77. The van der Waals surface area contributed by atoms with Crippen LogP contribution in [-0.2, 0) is 11.2 Å². The van der Waals surface area contributed by atoms with Crippen molar-refractivity contribution in [2.75, 3.05) is 13.1 Å². The third-order valence-corrected chi connectivity index (χ3v) is 3.62. The van der Waals surface area contributed by atoms with E-state index in [9.17, 15) is 4.79 Å². The molecule has 0 spiro atoms.